The Bertz CT molecular complexity index is 1140. The molecule has 0 saturated heterocycles. The van der Waals surface area contributed by atoms with Crippen molar-refractivity contribution in [3.05, 3.63) is 70.3 Å². The lowest BCUT2D eigenvalue weighted by atomic mass is 10.1. The fourth-order valence-electron chi connectivity index (χ4n) is 2.72. The smallest absolute Gasteiger partial charge is 0.259 e. The highest BCUT2D eigenvalue weighted by atomic mass is 35.5. The van der Waals surface area contributed by atoms with Crippen molar-refractivity contribution in [1.82, 2.24) is 9.97 Å². The predicted octanol–water partition coefficient (Wildman–Crippen LogP) is 5.46. The Morgan fingerprint density at radius 2 is 1.93 bits per heavy atom. The van der Waals surface area contributed by atoms with Crippen LogP contribution >= 0.6 is 23.2 Å². The highest BCUT2D eigenvalue weighted by Crippen LogP contribution is 2.33. The largest absolute Gasteiger partial charge is 0.494 e. The van der Waals surface area contributed by atoms with Crippen molar-refractivity contribution in [2.24, 2.45) is 0 Å². The Kier molecular flexibility index (Phi) is 4.90. The van der Waals surface area contributed by atoms with E-state index in [-0.39, 0.29) is 22.2 Å². The Morgan fingerprint density at radius 1 is 1.14 bits per heavy atom. The van der Waals surface area contributed by atoms with Gasteiger partial charge in [-0.1, -0.05) is 23.2 Å². The van der Waals surface area contributed by atoms with Crippen molar-refractivity contribution in [2.45, 2.75) is 0 Å². The second kappa shape index (κ2) is 7.50. The summed E-state index contributed by atoms with van der Waals surface area (Å²) < 4.78 is 10.9. The zero-order valence-corrected chi connectivity index (χ0v) is 16.1. The monoisotopic (exact) mass is 413 g/mol. The van der Waals surface area contributed by atoms with Crippen molar-refractivity contribution >= 4 is 46.0 Å². The van der Waals surface area contributed by atoms with E-state index in [0.717, 1.165) is 5.56 Å². The molecule has 0 radical (unpaired) electrons. The molecule has 0 fully saturated rings. The van der Waals surface area contributed by atoms with E-state index in [1.165, 1.54) is 19.2 Å². The maximum absolute atomic E-state index is 12.6. The number of nitrogens with zero attached hydrogens (tertiary/aromatic N) is 2. The summed E-state index contributed by atoms with van der Waals surface area (Å²) >= 11 is 12.1. The molecule has 0 unspecified atom stereocenters. The third-order valence-corrected chi connectivity index (χ3v) is 4.51. The number of methoxy groups -OCH3 is 1. The van der Waals surface area contributed by atoms with E-state index < -0.39 is 0 Å². The maximum atomic E-state index is 12.6. The highest BCUT2D eigenvalue weighted by molar-refractivity contribution is 6.36. The number of hydrogen-bond acceptors (Lipinski definition) is 5. The van der Waals surface area contributed by atoms with Gasteiger partial charge in [0.1, 0.15) is 5.75 Å². The second-order valence-corrected chi connectivity index (χ2v) is 6.69. The normalized spacial score (nSPS) is 10.8. The fraction of sp³-hybridized carbons (Fsp3) is 0.0500. The zero-order chi connectivity index (χ0) is 19.7. The van der Waals surface area contributed by atoms with Crippen LogP contribution in [-0.4, -0.2) is 23.0 Å². The van der Waals surface area contributed by atoms with Gasteiger partial charge < -0.3 is 14.5 Å². The first-order valence-corrected chi connectivity index (χ1v) is 8.97. The van der Waals surface area contributed by atoms with Crippen molar-refractivity contribution in [2.75, 3.05) is 12.4 Å². The van der Waals surface area contributed by atoms with Crippen molar-refractivity contribution in [3.63, 3.8) is 0 Å². The van der Waals surface area contributed by atoms with E-state index >= 15 is 0 Å². The number of carbonyl (C=O) groups is 1. The van der Waals surface area contributed by atoms with Gasteiger partial charge in [0.15, 0.2) is 11.2 Å². The summed E-state index contributed by atoms with van der Waals surface area (Å²) in [5, 5.41) is 3.40. The van der Waals surface area contributed by atoms with Gasteiger partial charge in [0.2, 0.25) is 5.89 Å². The Morgan fingerprint density at radius 3 is 2.64 bits per heavy atom. The molecule has 6 nitrogen and oxygen atoms in total. The van der Waals surface area contributed by atoms with Crippen LogP contribution in [0.4, 0.5) is 5.69 Å². The van der Waals surface area contributed by atoms with E-state index in [4.69, 9.17) is 32.4 Å². The van der Waals surface area contributed by atoms with Crippen LogP contribution in [0.1, 0.15) is 10.4 Å². The number of hydrogen-bond donors (Lipinski definition) is 1. The lowest BCUT2D eigenvalue weighted by Crippen LogP contribution is -2.13. The van der Waals surface area contributed by atoms with Crippen molar-refractivity contribution in [1.29, 1.82) is 0 Å². The number of aromatic nitrogens is 2. The molecular formula is C20H13Cl2N3O3. The first-order valence-electron chi connectivity index (χ1n) is 8.21. The van der Waals surface area contributed by atoms with Gasteiger partial charge in [-0.2, -0.15) is 4.98 Å². The molecule has 0 bridgehead atoms. The number of rotatable bonds is 4. The van der Waals surface area contributed by atoms with Gasteiger partial charge in [-0.25, -0.2) is 4.98 Å². The highest BCUT2D eigenvalue weighted by Gasteiger charge is 2.17. The minimum atomic E-state index is -0.389. The van der Waals surface area contributed by atoms with Crippen molar-refractivity contribution in [3.8, 4) is 17.2 Å². The van der Waals surface area contributed by atoms with Gasteiger partial charge in [-0.05, 0) is 48.5 Å². The lowest BCUT2D eigenvalue weighted by molar-refractivity contribution is 0.102. The molecule has 0 saturated carbocycles. The van der Waals surface area contributed by atoms with Crippen LogP contribution in [0.25, 0.3) is 22.7 Å². The number of carbonyl (C=O) groups excluding carboxylic acids is 1. The number of anilines is 1. The minimum Gasteiger partial charge on any atom is -0.494 e. The van der Waals surface area contributed by atoms with Gasteiger partial charge >= 0.3 is 0 Å². The summed E-state index contributed by atoms with van der Waals surface area (Å²) in [6.07, 6.45) is 1.66. The molecule has 0 aliphatic carbocycles. The lowest BCUT2D eigenvalue weighted by Gasteiger charge is -2.11. The van der Waals surface area contributed by atoms with Crippen LogP contribution in [0.3, 0.4) is 0 Å². The Balaban J connectivity index is 1.57. The van der Waals surface area contributed by atoms with Gasteiger partial charge in [-0.15, -0.1) is 0 Å². The molecule has 0 atom stereocenters. The van der Waals surface area contributed by atoms with Gasteiger partial charge in [0.25, 0.3) is 5.91 Å². The molecule has 8 heteroatoms. The standard InChI is InChI=1S/C20H13Cl2N3O3/c1-27-17-14(9-12(21)10-15(17)22)19(26)24-13-6-4-11(5-7-13)20-25-18-16(28-20)3-2-8-23-18/h2-10H,1H3,(H,24,26). The number of pyridine rings is 1. The zero-order valence-electron chi connectivity index (χ0n) is 14.6. The number of ether oxygens (including phenoxy) is 1. The number of nitrogens with one attached hydrogen (secondary N) is 1. The van der Waals surface area contributed by atoms with Crippen LogP contribution in [0, 0.1) is 0 Å². The van der Waals surface area contributed by atoms with E-state index in [9.17, 15) is 4.79 Å². The molecule has 0 aliphatic rings. The SMILES string of the molecule is COc1c(Cl)cc(Cl)cc1C(=O)Nc1ccc(-c2nc3ncccc3o2)cc1. The number of fused-ring (bicyclic) bond motifs is 1. The number of oxazole rings is 1. The van der Waals surface area contributed by atoms with E-state index in [1.54, 1.807) is 42.6 Å². The third kappa shape index (κ3) is 3.52. The van der Waals surface area contributed by atoms with Crippen LogP contribution in [-0.2, 0) is 0 Å². The summed E-state index contributed by atoms with van der Waals surface area (Å²) in [7, 11) is 1.44. The Labute approximate surface area is 170 Å². The molecule has 0 spiro atoms. The second-order valence-electron chi connectivity index (χ2n) is 5.84. The number of amides is 1. The van der Waals surface area contributed by atoms with Gasteiger partial charge in [0, 0.05) is 22.5 Å². The average Bonchev–Trinajstić information content (AvgIpc) is 3.12. The molecule has 1 amide bonds. The third-order valence-electron chi connectivity index (χ3n) is 4.01. The number of benzene rings is 2. The molecule has 140 valence electrons. The van der Waals surface area contributed by atoms with Crippen LogP contribution in [0.15, 0.2) is 59.1 Å². The topological polar surface area (TPSA) is 77.2 Å². The molecule has 4 rings (SSSR count). The molecule has 4 aromatic rings. The fourth-order valence-corrected chi connectivity index (χ4v) is 3.29. The summed E-state index contributed by atoms with van der Waals surface area (Å²) in [5.41, 5.74) is 2.74. The summed E-state index contributed by atoms with van der Waals surface area (Å²) in [6, 6.07) is 13.7. The number of halogens is 2. The van der Waals surface area contributed by atoms with E-state index in [0.29, 0.717) is 27.8 Å². The van der Waals surface area contributed by atoms with Crippen LogP contribution in [0.5, 0.6) is 5.75 Å². The van der Waals surface area contributed by atoms with Crippen LogP contribution in [0.2, 0.25) is 10.0 Å². The molecular weight excluding hydrogens is 401 g/mol. The summed E-state index contributed by atoms with van der Waals surface area (Å²) in [5.74, 6) is 0.328. The maximum Gasteiger partial charge on any atom is 0.259 e. The molecule has 2 aromatic carbocycles. The summed E-state index contributed by atoms with van der Waals surface area (Å²) in [4.78, 5) is 21.1. The molecule has 2 aromatic heterocycles. The van der Waals surface area contributed by atoms with Gasteiger partial charge in [-0.3, -0.25) is 4.79 Å². The first kappa shape index (κ1) is 18.3. The first-order chi connectivity index (χ1) is 13.5. The van der Waals surface area contributed by atoms with E-state index in [2.05, 4.69) is 15.3 Å². The van der Waals surface area contributed by atoms with Gasteiger partial charge in [0.05, 0.1) is 17.7 Å². The molecule has 0 aliphatic heterocycles. The quantitative estimate of drug-likeness (QED) is 0.480. The predicted molar refractivity (Wildman–Crippen MR) is 108 cm³/mol. The minimum absolute atomic E-state index is 0.245. The molecule has 1 N–H and O–H groups in total. The van der Waals surface area contributed by atoms with Crippen LogP contribution < -0.4 is 10.1 Å². The van der Waals surface area contributed by atoms with Crippen molar-refractivity contribution < 1.29 is 13.9 Å². The summed E-state index contributed by atoms with van der Waals surface area (Å²) in [6.45, 7) is 0. The average molecular weight is 414 g/mol. The molecule has 28 heavy (non-hydrogen) atoms. The van der Waals surface area contributed by atoms with E-state index in [1.807, 2.05) is 0 Å². The Hall–Kier alpha value is -3.09. The molecule has 2 heterocycles.